The molecule has 0 amide bonds. The first kappa shape index (κ1) is 13.6. The van der Waals surface area contributed by atoms with Gasteiger partial charge in [-0.2, -0.15) is 0 Å². The molecule has 0 saturated heterocycles. The second-order valence-electron chi connectivity index (χ2n) is 5.05. The monoisotopic (exact) mass is 261 g/mol. The Balaban J connectivity index is 2.61. The highest BCUT2D eigenvalue weighted by Crippen LogP contribution is 2.28. The summed E-state index contributed by atoms with van der Waals surface area (Å²) in [5.41, 5.74) is 2.45. The van der Waals surface area contributed by atoms with Crippen LogP contribution >= 0.6 is 0 Å². The zero-order chi connectivity index (χ0) is 14.0. The number of aryl methyl sites for hydroxylation is 1. The van der Waals surface area contributed by atoms with E-state index in [9.17, 15) is 4.79 Å². The molecule has 1 aromatic heterocycles. The summed E-state index contributed by atoms with van der Waals surface area (Å²) in [4.78, 5) is 11.2. The van der Waals surface area contributed by atoms with Gasteiger partial charge in [0.15, 0.2) is 0 Å². The van der Waals surface area contributed by atoms with Gasteiger partial charge >= 0.3 is 5.97 Å². The minimum Gasteiger partial charge on any atom is -0.478 e. The minimum atomic E-state index is -0.896. The first-order chi connectivity index (χ1) is 9.04. The van der Waals surface area contributed by atoms with E-state index in [1.807, 2.05) is 12.3 Å². The predicted molar refractivity (Wildman–Crippen MR) is 74.7 cm³/mol. The topological polar surface area (TPSA) is 62.5 Å². The lowest BCUT2D eigenvalue weighted by Gasteiger charge is -2.13. The van der Waals surface area contributed by atoms with Gasteiger partial charge in [-0.15, -0.1) is 0 Å². The Labute approximate surface area is 112 Å². The largest absolute Gasteiger partial charge is 0.478 e. The average Bonchev–Trinajstić information content (AvgIpc) is 2.77. The van der Waals surface area contributed by atoms with Gasteiger partial charge in [0, 0.05) is 24.7 Å². The average molecular weight is 261 g/mol. The van der Waals surface area contributed by atoms with Crippen molar-refractivity contribution in [1.29, 1.82) is 0 Å². The molecule has 0 bridgehead atoms. The summed E-state index contributed by atoms with van der Waals surface area (Å²) in [5, 5.41) is 19.0. The van der Waals surface area contributed by atoms with E-state index in [-0.39, 0.29) is 12.5 Å². The van der Waals surface area contributed by atoms with E-state index in [4.69, 9.17) is 10.2 Å². The number of nitrogens with zero attached hydrogens (tertiary/aromatic N) is 1. The SMILES string of the molecule is CC(C)c1cc(C(=O)O)cc2ccn(CCCO)c12. The molecule has 4 nitrogen and oxygen atoms in total. The molecule has 0 saturated carbocycles. The van der Waals surface area contributed by atoms with Crippen LogP contribution in [-0.4, -0.2) is 27.4 Å². The molecule has 19 heavy (non-hydrogen) atoms. The van der Waals surface area contributed by atoms with Crippen LogP contribution in [0.3, 0.4) is 0 Å². The number of aliphatic hydroxyl groups is 1. The van der Waals surface area contributed by atoms with Crippen molar-refractivity contribution >= 4 is 16.9 Å². The Morgan fingerprint density at radius 2 is 2.11 bits per heavy atom. The Morgan fingerprint density at radius 3 is 2.68 bits per heavy atom. The number of carboxylic acid groups (broad SMARTS) is 1. The van der Waals surface area contributed by atoms with Crippen LogP contribution in [0.25, 0.3) is 10.9 Å². The maximum absolute atomic E-state index is 11.2. The minimum absolute atomic E-state index is 0.157. The van der Waals surface area contributed by atoms with Crippen molar-refractivity contribution in [1.82, 2.24) is 4.57 Å². The predicted octanol–water partition coefficient (Wildman–Crippen LogP) is 2.85. The molecule has 0 radical (unpaired) electrons. The molecule has 0 atom stereocenters. The zero-order valence-electron chi connectivity index (χ0n) is 11.3. The van der Waals surface area contributed by atoms with Crippen LogP contribution in [0.4, 0.5) is 0 Å². The summed E-state index contributed by atoms with van der Waals surface area (Å²) in [6, 6.07) is 5.40. The molecule has 0 unspecified atom stereocenters. The summed E-state index contributed by atoms with van der Waals surface area (Å²) >= 11 is 0. The molecule has 102 valence electrons. The number of aromatic carboxylic acids is 1. The maximum Gasteiger partial charge on any atom is 0.335 e. The lowest BCUT2D eigenvalue weighted by atomic mass is 9.97. The van der Waals surface area contributed by atoms with Gasteiger partial charge in [-0.05, 0) is 36.1 Å². The highest BCUT2D eigenvalue weighted by molar-refractivity contribution is 5.95. The normalized spacial score (nSPS) is 11.4. The van der Waals surface area contributed by atoms with Crippen molar-refractivity contribution in [3.63, 3.8) is 0 Å². The Morgan fingerprint density at radius 1 is 1.37 bits per heavy atom. The Hall–Kier alpha value is -1.81. The number of carboxylic acids is 1. The van der Waals surface area contributed by atoms with Gasteiger partial charge in [0.05, 0.1) is 11.1 Å². The molecule has 4 heteroatoms. The quantitative estimate of drug-likeness (QED) is 0.870. The van der Waals surface area contributed by atoms with Crippen LogP contribution in [0, 0.1) is 0 Å². The third-order valence-corrected chi connectivity index (χ3v) is 3.32. The van der Waals surface area contributed by atoms with Crippen LogP contribution in [0.15, 0.2) is 24.4 Å². The van der Waals surface area contributed by atoms with Crippen LogP contribution in [0.1, 0.15) is 42.1 Å². The van der Waals surface area contributed by atoms with Gasteiger partial charge in [0.25, 0.3) is 0 Å². The van der Waals surface area contributed by atoms with E-state index in [0.29, 0.717) is 12.0 Å². The van der Waals surface area contributed by atoms with Crippen molar-refractivity contribution in [3.05, 3.63) is 35.5 Å². The van der Waals surface area contributed by atoms with Crippen molar-refractivity contribution in [2.45, 2.75) is 32.7 Å². The molecule has 2 N–H and O–H groups in total. The number of hydrogen-bond donors (Lipinski definition) is 2. The maximum atomic E-state index is 11.2. The summed E-state index contributed by atoms with van der Waals surface area (Å²) in [5.74, 6) is -0.642. The third kappa shape index (κ3) is 2.63. The van der Waals surface area contributed by atoms with Crippen molar-refractivity contribution in [3.8, 4) is 0 Å². The van der Waals surface area contributed by atoms with Crippen LogP contribution in [0.2, 0.25) is 0 Å². The number of aliphatic hydroxyl groups excluding tert-OH is 1. The van der Waals surface area contributed by atoms with Crippen LogP contribution in [-0.2, 0) is 6.54 Å². The van der Waals surface area contributed by atoms with E-state index in [1.165, 1.54) is 0 Å². The highest BCUT2D eigenvalue weighted by atomic mass is 16.4. The summed E-state index contributed by atoms with van der Waals surface area (Å²) < 4.78 is 2.09. The summed E-state index contributed by atoms with van der Waals surface area (Å²) in [7, 11) is 0. The van der Waals surface area contributed by atoms with E-state index >= 15 is 0 Å². The van der Waals surface area contributed by atoms with E-state index in [1.54, 1.807) is 12.1 Å². The summed E-state index contributed by atoms with van der Waals surface area (Å²) in [6.07, 6.45) is 2.65. The molecule has 0 aliphatic rings. The second kappa shape index (κ2) is 5.45. The Kier molecular flexibility index (Phi) is 3.90. The lowest BCUT2D eigenvalue weighted by Crippen LogP contribution is -2.04. The highest BCUT2D eigenvalue weighted by Gasteiger charge is 2.14. The number of carbonyl (C=O) groups is 1. The molecule has 0 aliphatic heterocycles. The van der Waals surface area contributed by atoms with Gasteiger partial charge in [-0.3, -0.25) is 0 Å². The van der Waals surface area contributed by atoms with Crippen LogP contribution in [0.5, 0.6) is 0 Å². The van der Waals surface area contributed by atoms with Crippen LogP contribution < -0.4 is 0 Å². The molecule has 1 aromatic carbocycles. The molecule has 0 spiro atoms. The molecule has 2 aromatic rings. The van der Waals surface area contributed by atoms with Crippen molar-refractivity contribution in [2.75, 3.05) is 6.61 Å². The van der Waals surface area contributed by atoms with Crippen molar-refractivity contribution in [2.24, 2.45) is 0 Å². The number of rotatable bonds is 5. The van der Waals surface area contributed by atoms with E-state index in [0.717, 1.165) is 23.0 Å². The molecule has 1 heterocycles. The van der Waals surface area contributed by atoms with Gasteiger partial charge in [0.1, 0.15) is 0 Å². The van der Waals surface area contributed by atoms with E-state index < -0.39 is 5.97 Å². The molecule has 0 fully saturated rings. The fourth-order valence-electron chi connectivity index (χ4n) is 2.37. The molecule has 2 rings (SSSR count). The first-order valence-corrected chi connectivity index (χ1v) is 6.51. The first-order valence-electron chi connectivity index (χ1n) is 6.51. The fraction of sp³-hybridized carbons (Fsp3) is 0.400. The summed E-state index contributed by atoms with van der Waals surface area (Å²) in [6.45, 7) is 5.02. The zero-order valence-corrected chi connectivity index (χ0v) is 11.3. The van der Waals surface area contributed by atoms with Gasteiger partial charge in [-0.1, -0.05) is 13.8 Å². The second-order valence-corrected chi connectivity index (χ2v) is 5.05. The van der Waals surface area contributed by atoms with Gasteiger partial charge < -0.3 is 14.8 Å². The molecule has 0 aliphatic carbocycles. The van der Waals surface area contributed by atoms with Gasteiger partial charge in [0.2, 0.25) is 0 Å². The number of hydrogen-bond acceptors (Lipinski definition) is 2. The number of fused-ring (bicyclic) bond motifs is 1. The number of aromatic nitrogens is 1. The molecular formula is C15H19NO3. The Bertz CT molecular complexity index is 599. The van der Waals surface area contributed by atoms with Gasteiger partial charge in [-0.25, -0.2) is 4.79 Å². The standard InChI is InChI=1S/C15H19NO3/c1-10(2)13-9-12(15(18)19)8-11-4-6-16(14(11)13)5-3-7-17/h4,6,8-10,17H,3,5,7H2,1-2H3,(H,18,19). The number of benzene rings is 1. The lowest BCUT2D eigenvalue weighted by molar-refractivity contribution is 0.0697. The third-order valence-electron chi connectivity index (χ3n) is 3.32. The van der Waals surface area contributed by atoms with Crippen molar-refractivity contribution < 1.29 is 15.0 Å². The van der Waals surface area contributed by atoms with E-state index in [2.05, 4.69) is 18.4 Å². The fourth-order valence-corrected chi connectivity index (χ4v) is 2.37. The molecular weight excluding hydrogens is 242 g/mol. The smallest absolute Gasteiger partial charge is 0.335 e.